The second-order valence-corrected chi connectivity index (χ2v) is 4.29. The molecule has 1 aliphatic rings. The number of hydrogen-bond acceptors (Lipinski definition) is 4. The van der Waals surface area contributed by atoms with Gasteiger partial charge in [-0.05, 0) is 25.0 Å². The topological polar surface area (TPSA) is 77.0 Å². The van der Waals surface area contributed by atoms with Crippen molar-refractivity contribution in [3.8, 4) is 17.1 Å². The van der Waals surface area contributed by atoms with Crippen molar-refractivity contribution in [2.24, 2.45) is 0 Å². The van der Waals surface area contributed by atoms with Gasteiger partial charge in [0.1, 0.15) is 11.6 Å². The number of nitrogen functional groups attached to an aromatic ring is 1. The molecule has 0 aliphatic carbocycles. The molecule has 0 amide bonds. The van der Waals surface area contributed by atoms with Gasteiger partial charge in [-0.3, -0.25) is 0 Å². The first kappa shape index (κ1) is 10.1. The summed E-state index contributed by atoms with van der Waals surface area (Å²) >= 11 is 0. The molecule has 17 heavy (non-hydrogen) atoms. The number of phenolic OH excluding ortho intramolecular Hbond substituents is 1. The monoisotopic (exact) mass is 230 g/mol. The molecule has 3 N–H and O–H groups in total. The highest BCUT2D eigenvalue weighted by atomic mass is 16.3. The standard InChI is InChI=1S/C12H14N4O/c13-9-5-3-4-8(11(9)17)12-15-14-10-6-1-2-7-16(10)12/h3-5,17H,1-2,6-7,13H2. The maximum atomic E-state index is 9.96. The van der Waals surface area contributed by atoms with Crippen molar-refractivity contribution in [3.63, 3.8) is 0 Å². The fourth-order valence-corrected chi connectivity index (χ4v) is 2.25. The number of benzene rings is 1. The number of nitrogens with two attached hydrogens (primary N) is 1. The predicted octanol–water partition coefficient (Wildman–Crippen LogP) is 1.57. The third kappa shape index (κ3) is 1.54. The molecule has 0 atom stereocenters. The van der Waals surface area contributed by atoms with E-state index >= 15 is 0 Å². The molecule has 0 radical (unpaired) electrons. The number of hydrogen-bond donors (Lipinski definition) is 2. The lowest BCUT2D eigenvalue weighted by molar-refractivity contribution is 0.477. The second-order valence-electron chi connectivity index (χ2n) is 4.29. The minimum Gasteiger partial charge on any atom is -0.505 e. The van der Waals surface area contributed by atoms with Gasteiger partial charge in [-0.25, -0.2) is 0 Å². The Hall–Kier alpha value is -2.04. The van der Waals surface area contributed by atoms with Gasteiger partial charge in [0.05, 0.1) is 11.3 Å². The lowest BCUT2D eigenvalue weighted by Crippen LogP contribution is -2.11. The van der Waals surface area contributed by atoms with Gasteiger partial charge in [-0.15, -0.1) is 10.2 Å². The van der Waals surface area contributed by atoms with E-state index in [1.807, 2.05) is 12.1 Å². The smallest absolute Gasteiger partial charge is 0.167 e. The number of aromatic hydroxyl groups is 1. The first-order valence-electron chi connectivity index (χ1n) is 5.77. The zero-order valence-electron chi connectivity index (χ0n) is 9.43. The summed E-state index contributed by atoms with van der Waals surface area (Å²) in [5.41, 5.74) is 6.72. The van der Waals surface area contributed by atoms with E-state index < -0.39 is 0 Å². The minimum absolute atomic E-state index is 0.0910. The van der Waals surface area contributed by atoms with E-state index in [0.717, 1.165) is 31.6 Å². The molecule has 0 fully saturated rings. The summed E-state index contributed by atoms with van der Waals surface area (Å²) in [7, 11) is 0. The van der Waals surface area contributed by atoms with E-state index in [4.69, 9.17) is 5.73 Å². The molecule has 5 nitrogen and oxygen atoms in total. The predicted molar refractivity (Wildman–Crippen MR) is 64.5 cm³/mol. The summed E-state index contributed by atoms with van der Waals surface area (Å²) in [6.07, 6.45) is 3.23. The third-order valence-electron chi connectivity index (χ3n) is 3.17. The molecule has 0 unspecified atom stereocenters. The molecule has 1 aromatic heterocycles. The van der Waals surface area contributed by atoms with Crippen molar-refractivity contribution in [1.82, 2.24) is 14.8 Å². The van der Waals surface area contributed by atoms with Crippen LogP contribution in [0.2, 0.25) is 0 Å². The van der Waals surface area contributed by atoms with E-state index in [9.17, 15) is 5.11 Å². The molecule has 2 aromatic rings. The van der Waals surface area contributed by atoms with Crippen LogP contribution in [0.15, 0.2) is 18.2 Å². The molecule has 0 spiro atoms. The van der Waals surface area contributed by atoms with Crippen LogP contribution in [-0.4, -0.2) is 19.9 Å². The molecular formula is C12H14N4O. The lowest BCUT2D eigenvalue weighted by atomic mass is 10.1. The Morgan fingerprint density at radius 3 is 3.00 bits per heavy atom. The zero-order chi connectivity index (χ0) is 11.8. The highest BCUT2D eigenvalue weighted by molar-refractivity contribution is 5.72. The van der Waals surface area contributed by atoms with Crippen LogP contribution in [0.4, 0.5) is 5.69 Å². The summed E-state index contributed by atoms with van der Waals surface area (Å²) in [5, 5.41) is 18.3. The molecule has 1 aliphatic heterocycles. The van der Waals surface area contributed by atoms with E-state index in [-0.39, 0.29) is 5.75 Å². The van der Waals surface area contributed by atoms with Gasteiger partial charge in [-0.2, -0.15) is 0 Å². The Morgan fingerprint density at radius 2 is 2.12 bits per heavy atom. The number of anilines is 1. The second kappa shape index (κ2) is 3.76. The van der Waals surface area contributed by atoms with Gasteiger partial charge in [0, 0.05) is 13.0 Å². The molecule has 0 saturated carbocycles. The van der Waals surface area contributed by atoms with Gasteiger partial charge in [0.25, 0.3) is 0 Å². The van der Waals surface area contributed by atoms with Gasteiger partial charge in [0.2, 0.25) is 0 Å². The highest BCUT2D eigenvalue weighted by Crippen LogP contribution is 2.33. The van der Waals surface area contributed by atoms with Crippen molar-refractivity contribution in [3.05, 3.63) is 24.0 Å². The van der Waals surface area contributed by atoms with Crippen molar-refractivity contribution in [2.75, 3.05) is 5.73 Å². The fourth-order valence-electron chi connectivity index (χ4n) is 2.25. The zero-order valence-corrected chi connectivity index (χ0v) is 9.43. The molecule has 0 bridgehead atoms. The molecule has 1 aromatic carbocycles. The first-order chi connectivity index (χ1) is 8.27. The summed E-state index contributed by atoms with van der Waals surface area (Å²) < 4.78 is 2.07. The van der Waals surface area contributed by atoms with Gasteiger partial charge < -0.3 is 15.4 Å². The van der Waals surface area contributed by atoms with Crippen molar-refractivity contribution in [1.29, 1.82) is 0 Å². The quantitative estimate of drug-likeness (QED) is 0.576. The van der Waals surface area contributed by atoms with Crippen LogP contribution >= 0.6 is 0 Å². The van der Waals surface area contributed by atoms with Gasteiger partial charge in [-0.1, -0.05) is 6.07 Å². The number of phenols is 1. The van der Waals surface area contributed by atoms with Crippen LogP contribution < -0.4 is 5.73 Å². The molecule has 88 valence electrons. The number of aryl methyl sites for hydroxylation is 1. The summed E-state index contributed by atoms with van der Waals surface area (Å²) in [5.74, 6) is 1.80. The van der Waals surface area contributed by atoms with Crippen LogP contribution in [0, 0.1) is 0 Å². The normalized spacial score (nSPS) is 14.6. The Balaban J connectivity index is 2.15. The van der Waals surface area contributed by atoms with Gasteiger partial charge in [0.15, 0.2) is 5.82 Å². The van der Waals surface area contributed by atoms with Gasteiger partial charge >= 0.3 is 0 Å². The Bertz CT molecular complexity index is 562. The summed E-state index contributed by atoms with van der Waals surface area (Å²) in [6, 6.07) is 5.30. The fraction of sp³-hybridized carbons (Fsp3) is 0.333. The highest BCUT2D eigenvalue weighted by Gasteiger charge is 2.19. The summed E-state index contributed by atoms with van der Waals surface area (Å²) in [6.45, 7) is 0.909. The van der Waals surface area contributed by atoms with Crippen LogP contribution in [0.3, 0.4) is 0 Å². The number of para-hydroxylation sites is 1. The van der Waals surface area contributed by atoms with Crippen molar-refractivity contribution in [2.45, 2.75) is 25.8 Å². The molecule has 2 heterocycles. The van der Waals surface area contributed by atoms with E-state index in [1.165, 1.54) is 0 Å². The molecule has 0 saturated heterocycles. The van der Waals surface area contributed by atoms with Crippen LogP contribution in [0.1, 0.15) is 18.7 Å². The van der Waals surface area contributed by atoms with Crippen LogP contribution in [0.5, 0.6) is 5.75 Å². The largest absolute Gasteiger partial charge is 0.505 e. The number of aromatic nitrogens is 3. The van der Waals surface area contributed by atoms with Crippen molar-refractivity contribution >= 4 is 5.69 Å². The van der Waals surface area contributed by atoms with E-state index in [0.29, 0.717) is 17.1 Å². The molecular weight excluding hydrogens is 216 g/mol. The SMILES string of the molecule is Nc1cccc(-c2nnc3n2CCCC3)c1O. The van der Waals surface area contributed by atoms with E-state index in [1.54, 1.807) is 6.07 Å². The molecule has 3 rings (SSSR count). The van der Waals surface area contributed by atoms with Crippen LogP contribution in [-0.2, 0) is 13.0 Å². The Morgan fingerprint density at radius 1 is 1.24 bits per heavy atom. The minimum atomic E-state index is 0.0910. The maximum Gasteiger partial charge on any atom is 0.167 e. The van der Waals surface area contributed by atoms with Crippen molar-refractivity contribution < 1.29 is 5.11 Å². The van der Waals surface area contributed by atoms with Crippen LogP contribution in [0.25, 0.3) is 11.4 Å². The molecule has 5 heteroatoms. The number of fused-ring (bicyclic) bond motifs is 1. The maximum absolute atomic E-state index is 9.96. The average Bonchev–Trinajstić information content (AvgIpc) is 2.77. The number of rotatable bonds is 1. The number of nitrogens with zero attached hydrogens (tertiary/aromatic N) is 3. The Labute approximate surface area is 98.9 Å². The third-order valence-corrected chi connectivity index (χ3v) is 3.17. The lowest BCUT2D eigenvalue weighted by Gasteiger charge is -2.15. The average molecular weight is 230 g/mol. The van der Waals surface area contributed by atoms with E-state index in [2.05, 4.69) is 14.8 Å². The Kier molecular flexibility index (Phi) is 2.24. The first-order valence-corrected chi connectivity index (χ1v) is 5.77. The summed E-state index contributed by atoms with van der Waals surface area (Å²) in [4.78, 5) is 0.